The number of carbonyl (C=O) groups is 2. The maximum Gasteiger partial charge on any atom is 0.233 e. The van der Waals surface area contributed by atoms with Gasteiger partial charge in [-0.1, -0.05) is 32.0 Å². The molecular formula is C15H17FN2O2. The number of nitrogens with zero attached hydrogens (tertiary/aromatic N) is 1. The molecule has 1 aromatic carbocycles. The lowest BCUT2D eigenvalue weighted by molar-refractivity contribution is -0.143. The molecule has 1 aliphatic carbocycles. The molecule has 3 rings (SSSR count). The molecule has 0 radical (unpaired) electrons. The molecule has 2 N–H and O–H groups in total. The lowest BCUT2D eigenvalue weighted by Crippen LogP contribution is -2.41. The Kier molecular flexibility index (Phi) is 2.73. The van der Waals surface area contributed by atoms with E-state index in [0.717, 1.165) is 0 Å². The molecule has 3 unspecified atom stereocenters. The van der Waals surface area contributed by atoms with Crippen LogP contribution < -0.4 is 5.73 Å². The Hall–Kier alpha value is -1.75. The quantitative estimate of drug-likeness (QED) is 0.850. The first-order chi connectivity index (χ1) is 9.35. The van der Waals surface area contributed by atoms with Gasteiger partial charge in [0.2, 0.25) is 11.8 Å². The van der Waals surface area contributed by atoms with Gasteiger partial charge in [-0.3, -0.25) is 14.5 Å². The largest absolute Gasteiger partial charge is 0.322 e. The van der Waals surface area contributed by atoms with E-state index in [-0.39, 0.29) is 35.6 Å². The molecule has 4 nitrogen and oxygen atoms in total. The number of nitrogens with two attached hydrogens (primary N) is 1. The van der Waals surface area contributed by atoms with Gasteiger partial charge in [0.15, 0.2) is 0 Å². The summed E-state index contributed by atoms with van der Waals surface area (Å²) in [6.07, 6.45) is 0. The first-order valence-electron chi connectivity index (χ1n) is 6.71. The van der Waals surface area contributed by atoms with E-state index >= 15 is 0 Å². The predicted octanol–water partition coefficient (Wildman–Crippen LogP) is 1.47. The normalized spacial score (nSPS) is 28.5. The second kappa shape index (κ2) is 4.12. The minimum atomic E-state index is -0.690. The molecule has 3 atom stereocenters. The zero-order valence-corrected chi connectivity index (χ0v) is 11.5. The predicted molar refractivity (Wildman–Crippen MR) is 70.8 cm³/mol. The Bertz CT molecular complexity index is 575. The van der Waals surface area contributed by atoms with Gasteiger partial charge in [0.1, 0.15) is 5.82 Å². The van der Waals surface area contributed by atoms with Crippen molar-refractivity contribution in [3.05, 3.63) is 35.6 Å². The van der Waals surface area contributed by atoms with E-state index in [1.165, 1.54) is 11.0 Å². The van der Waals surface area contributed by atoms with E-state index in [0.29, 0.717) is 5.56 Å². The number of fused-ring (bicyclic) bond motifs is 1. The molecule has 1 saturated heterocycles. The van der Waals surface area contributed by atoms with Gasteiger partial charge in [0, 0.05) is 12.1 Å². The maximum atomic E-state index is 13.6. The Labute approximate surface area is 116 Å². The van der Waals surface area contributed by atoms with Crippen LogP contribution in [0, 0.1) is 23.1 Å². The number of hydrogen-bond acceptors (Lipinski definition) is 3. The van der Waals surface area contributed by atoms with Gasteiger partial charge < -0.3 is 5.73 Å². The molecule has 5 heteroatoms. The summed E-state index contributed by atoms with van der Waals surface area (Å²) in [5.41, 5.74) is 6.04. The van der Waals surface area contributed by atoms with Crippen LogP contribution in [0.5, 0.6) is 0 Å². The number of halogens is 1. The van der Waals surface area contributed by atoms with Gasteiger partial charge in [0.05, 0.1) is 17.9 Å². The van der Waals surface area contributed by atoms with Crippen LogP contribution in [-0.2, 0) is 9.59 Å². The summed E-state index contributed by atoms with van der Waals surface area (Å²) in [7, 11) is 0. The second-order valence-corrected chi connectivity index (χ2v) is 6.19. The maximum absolute atomic E-state index is 13.6. The van der Waals surface area contributed by atoms with Crippen molar-refractivity contribution in [2.24, 2.45) is 23.0 Å². The fraction of sp³-hybridized carbons (Fsp3) is 0.467. The van der Waals surface area contributed by atoms with E-state index in [9.17, 15) is 14.0 Å². The third-order valence-corrected chi connectivity index (χ3v) is 4.58. The highest BCUT2D eigenvalue weighted by molar-refractivity contribution is 6.10. The van der Waals surface area contributed by atoms with Crippen LogP contribution >= 0.6 is 0 Å². The average Bonchev–Trinajstić information content (AvgIpc) is 2.86. The minimum Gasteiger partial charge on any atom is -0.322 e. The zero-order valence-electron chi connectivity index (χ0n) is 11.5. The summed E-state index contributed by atoms with van der Waals surface area (Å²) < 4.78 is 13.6. The molecule has 1 heterocycles. The molecule has 2 amide bonds. The molecule has 0 spiro atoms. The third kappa shape index (κ3) is 1.69. The van der Waals surface area contributed by atoms with Crippen LogP contribution in [0.4, 0.5) is 4.39 Å². The lowest BCUT2D eigenvalue weighted by atomic mass is 10.0. The van der Waals surface area contributed by atoms with Crippen LogP contribution in [0.25, 0.3) is 0 Å². The summed E-state index contributed by atoms with van der Waals surface area (Å²) in [6, 6.07) is 5.48. The number of likely N-dealkylation sites (tertiary alicyclic amines) is 1. The minimum absolute atomic E-state index is 0.0433. The van der Waals surface area contributed by atoms with Gasteiger partial charge in [-0.05, 0) is 11.5 Å². The van der Waals surface area contributed by atoms with Crippen molar-refractivity contribution in [3.8, 4) is 0 Å². The van der Waals surface area contributed by atoms with Gasteiger partial charge in [-0.2, -0.15) is 0 Å². The fourth-order valence-electron chi connectivity index (χ4n) is 3.25. The summed E-state index contributed by atoms with van der Waals surface area (Å²) >= 11 is 0. The van der Waals surface area contributed by atoms with E-state index in [4.69, 9.17) is 5.73 Å². The molecule has 106 valence electrons. The Morgan fingerprint density at radius 3 is 2.35 bits per heavy atom. The summed E-state index contributed by atoms with van der Waals surface area (Å²) in [4.78, 5) is 25.6. The van der Waals surface area contributed by atoms with Crippen molar-refractivity contribution < 1.29 is 14.0 Å². The Balaban J connectivity index is 1.76. The number of piperidine rings is 1. The highest BCUT2D eigenvalue weighted by Gasteiger charge is 2.72. The smallest absolute Gasteiger partial charge is 0.233 e. The number of amides is 2. The topological polar surface area (TPSA) is 63.4 Å². The molecule has 0 aromatic heterocycles. The van der Waals surface area contributed by atoms with Crippen molar-refractivity contribution in [1.82, 2.24) is 4.90 Å². The standard InChI is InChI=1S/C15H17FN2O2/c1-15(2)11-12(15)14(20)18(13(11)19)7-10(17)8-5-3-4-6-9(8)16/h3-6,10-12H,7,17H2,1-2H3. The molecule has 0 bridgehead atoms. The van der Waals surface area contributed by atoms with E-state index < -0.39 is 11.9 Å². The lowest BCUT2D eigenvalue weighted by Gasteiger charge is -2.24. The van der Waals surface area contributed by atoms with Crippen molar-refractivity contribution in [3.63, 3.8) is 0 Å². The van der Waals surface area contributed by atoms with E-state index in [1.807, 2.05) is 13.8 Å². The Morgan fingerprint density at radius 2 is 1.80 bits per heavy atom. The van der Waals surface area contributed by atoms with Crippen molar-refractivity contribution in [2.75, 3.05) is 6.54 Å². The molecule has 2 aliphatic rings. The molecule has 20 heavy (non-hydrogen) atoms. The Morgan fingerprint density at radius 1 is 1.25 bits per heavy atom. The van der Waals surface area contributed by atoms with Crippen LogP contribution in [0.15, 0.2) is 24.3 Å². The first kappa shape index (κ1) is 13.2. The number of hydrogen-bond donors (Lipinski definition) is 1. The van der Waals surface area contributed by atoms with Crippen molar-refractivity contribution in [2.45, 2.75) is 19.9 Å². The molecular weight excluding hydrogens is 259 g/mol. The van der Waals surface area contributed by atoms with Crippen molar-refractivity contribution in [1.29, 1.82) is 0 Å². The molecule has 2 fully saturated rings. The molecule has 1 saturated carbocycles. The SMILES string of the molecule is CC1(C)C2C(=O)N(CC(N)c3ccccc3F)C(=O)C21. The van der Waals surface area contributed by atoms with Gasteiger partial charge in [-0.15, -0.1) is 0 Å². The number of rotatable bonds is 3. The average molecular weight is 276 g/mol. The third-order valence-electron chi connectivity index (χ3n) is 4.58. The summed E-state index contributed by atoms with van der Waals surface area (Å²) in [5.74, 6) is -1.19. The van der Waals surface area contributed by atoms with Gasteiger partial charge >= 0.3 is 0 Å². The summed E-state index contributed by atoms with van der Waals surface area (Å²) in [6.45, 7) is 3.89. The summed E-state index contributed by atoms with van der Waals surface area (Å²) in [5, 5.41) is 0. The van der Waals surface area contributed by atoms with Crippen LogP contribution in [-0.4, -0.2) is 23.3 Å². The number of carbonyl (C=O) groups excluding carboxylic acids is 2. The molecule has 1 aromatic rings. The van der Waals surface area contributed by atoms with Crippen molar-refractivity contribution >= 4 is 11.8 Å². The van der Waals surface area contributed by atoms with Gasteiger partial charge in [0.25, 0.3) is 0 Å². The van der Waals surface area contributed by atoms with E-state index in [1.54, 1.807) is 18.2 Å². The second-order valence-electron chi connectivity index (χ2n) is 6.19. The fourth-order valence-corrected chi connectivity index (χ4v) is 3.25. The van der Waals surface area contributed by atoms with Crippen LogP contribution in [0.1, 0.15) is 25.5 Å². The number of imide groups is 1. The van der Waals surface area contributed by atoms with E-state index in [2.05, 4.69) is 0 Å². The molecule has 1 aliphatic heterocycles. The highest BCUT2D eigenvalue weighted by atomic mass is 19.1. The zero-order chi connectivity index (χ0) is 14.7. The highest BCUT2D eigenvalue weighted by Crippen LogP contribution is 2.63. The monoisotopic (exact) mass is 276 g/mol. The van der Waals surface area contributed by atoms with Crippen LogP contribution in [0.2, 0.25) is 0 Å². The van der Waals surface area contributed by atoms with Crippen LogP contribution in [0.3, 0.4) is 0 Å². The first-order valence-corrected chi connectivity index (χ1v) is 6.71. The number of benzene rings is 1. The van der Waals surface area contributed by atoms with Gasteiger partial charge in [-0.25, -0.2) is 4.39 Å².